The molecule has 1 aliphatic rings. The van der Waals surface area contributed by atoms with Gasteiger partial charge >= 0.3 is 0 Å². The Hall–Kier alpha value is -3.09. The second-order valence-corrected chi connectivity index (χ2v) is 10.6. The summed E-state index contributed by atoms with van der Waals surface area (Å²) in [7, 11) is -2.33. The fraction of sp³-hybridized carbons (Fsp3) is 0.478. The Labute approximate surface area is 203 Å². The van der Waals surface area contributed by atoms with E-state index in [2.05, 4.69) is 15.1 Å². The number of imidazole rings is 1. The predicted octanol–water partition coefficient (Wildman–Crippen LogP) is 1.25. The van der Waals surface area contributed by atoms with Crippen LogP contribution >= 0.6 is 0 Å². The van der Waals surface area contributed by atoms with E-state index in [9.17, 15) is 18.0 Å². The number of fused-ring (bicyclic) bond motifs is 1. The highest BCUT2D eigenvalue weighted by Gasteiger charge is 2.30. The van der Waals surface area contributed by atoms with Crippen molar-refractivity contribution in [1.82, 2.24) is 28.8 Å². The molecule has 0 bridgehead atoms. The number of ether oxygens (including phenoxy) is 1. The number of nitrogens with one attached hydrogen (secondary N) is 1. The molecule has 2 aromatic heterocycles. The SMILES string of the molecule is CCCc1nc(C)c2c(=O)[nH]c(-c3cc(S(=O)(=O)N4CCN(CC(C)=O)CC4)ccc3OC)nn12. The van der Waals surface area contributed by atoms with Crippen molar-refractivity contribution in [1.29, 1.82) is 0 Å². The summed E-state index contributed by atoms with van der Waals surface area (Å²) >= 11 is 0. The molecule has 12 heteroatoms. The van der Waals surface area contributed by atoms with Gasteiger partial charge in [-0.3, -0.25) is 14.5 Å². The second kappa shape index (κ2) is 9.88. The summed E-state index contributed by atoms with van der Waals surface area (Å²) in [6, 6.07) is 4.52. The first-order valence-electron chi connectivity index (χ1n) is 11.5. The maximum atomic E-state index is 13.4. The van der Waals surface area contributed by atoms with E-state index in [1.807, 2.05) is 11.8 Å². The van der Waals surface area contributed by atoms with Crippen LogP contribution in [0.15, 0.2) is 27.9 Å². The van der Waals surface area contributed by atoms with Crippen molar-refractivity contribution in [2.24, 2.45) is 0 Å². The Bertz CT molecular complexity index is 1420. The van der Waals surface area contributed by atoms with E-state index in [4.69, 9.17) is 4.74 Å². The lowest BCUT2D eigenvalue weighted by Crippen LogP contribution is -2.49. The Balaban J connectivity index is 1.73. The molecule has 0 unspecified atom stereocenters. The molecule has 35 heavy (non-hydrogen) atoms. The monoisotopic (exact) mass is 502 g/mol. The van der Waals surface area contributed by atoms with Crippen LogP contribution in [-0.2, 0) is 21.2 Å². The molecule has 0 saturated carbocycles. The molecule has 0 atom stereocenters. The number of rotatable bonds is 8. The van der Waals surface area contributed by atoms with Gasteiger partial charge in [0.05, 0.1) is 29.8 Å². The number of benzene rings is 1. The maximum absolute atomic E-state index is 13.4. The average molecular weight is 503 g/mol. The quantitative estimate of drug-likeness (QED) is 0.487. The standard InChI is InChI=1S/C23H30N6O5S/c1-5-6-20-24-16(3)21-23(31)25-22(26-29(20)21)18-13-17(7-8-19(18)34-4)35(32,33)28-11-9-27(10-12-28)14-15(2)30/h7-8,13H,5-6,9-12,14H2,1-4H3,(H,25,26,31). The van der Waals surface area contributed by atoms with E-state index in [0.717, 1.165) is 6.42 Å². The lowest BCUT2D eigenvalue weighted by Gasteiger charge is -2.33. The molecule has 0 radical (unpaired) electrons. The molecule has 0 amide bonds. The highest BCUT2D eigenvalue weighted by atomic mass is 32.2. The summed E-state index contributed by atoms with van der Waals surface area (Å²) in [6.07, 6.45) is 1.48. The highest BCUT2D eigenvalue weighted by molar-refractivity contribution is 7.89. The van der Waals surface area contributed by atoms with Gasteiger partial charge < -0.3 is 9.72 Å². The summed E-state index contributed by atoms with van der Waals surface area (Å²) in [5.41, 5.74) is 0.945. The van der Waals surface area contributed by atoms with Gasteiger partial charge in [0.2, 0.25) is 10.0 Å². The van der Waals surface area contributed by atoms with Gasteiger partial charge in [-0.15, -0.1) is 5.10 Å². The predicted molar refractivity (Wildman–Crippen MR) is 130 cm³/mol. The number of aryl methyl sites for hydroxylation is 2. The van der Waals surface area contributed by atoms with E-state index in [0.29, 0.717) is 54.4 Å². The fourth-order valence-electron chi connectivity index (χ4n) is 4.37. The molecule has 1 aliphatic heterocycles. The number of hydrogen-bond donors (Lipinski definition) is 1. The Morgan fingerprint density at radius 1 is 1.20 bits per heavy atom. The van der Waals surface area contributed by atoms with Crippen LogP contribution in [0, 0.1) is 6.92 Å². The van der Waals surface area contributed by atoms with Crippen LogP contribution < -0.4 is 10.3 Å². The molecule has 1 fully saturated rings. The number of sulfonamides is 1. The minimum Gasteiger partial charge on any atom is -0.496 e. The first-order chi connectivity index (χ1) is 16.6. The number of aromatic nitrogens is 4. The Morgan fingerprint density at radius 2 is 1.91 bits per heavy atom. The second-order valence-electron chi connectivity index (χ2n) is 8.67. The highest BCUT2D eigenvalue weighted by Crippen LogP contribution is 2.31. The van der Waals surface area contributed by atoms with Crippen molar-refractivity contribution < 1.29 is 17.9 Å². The van der Waals surface area contributed by atoms with Crippen LogP contribution in [0.5, 0.6) is 5.75 Å². The third-order valence-electron chi connectivity index (χ3n) is 6.06. The number of hydrogen-bond acceptors (Lipinski definition) is 8. The summed E-state index contributed by atoms with van der Waals surface area (Å²) in [5.74, 6) is 1.29. The number of carbonyl (C=O) groups is 1. The van der Waals surface area contributed by atoms with Gasteiger partial charge in [-0.05, 0) is 38.5 Å². The zero-order valence-electron chi connectivity index (χ0n) is 20.4. The van der Waals surface area contributed by atoms with E-state index in [1.165, 1.54) is 35.0 Å². The number of aromatic amines is 1. The first kappa shape index (κ1) is 25.0. The van der Waals surface area contributed by atoms with Crippen LogP contribution in [0.1, 0.15) is 31.8 Å². The summed E-state index contributed by atoms with van der Waals surface area (Å²) in [4.78, 5) is 33.5. The molecule has 11 nitrogen and oxygen atoms in total. The number of methoxy groups -OCH3 is 1. The largest absolute Gasteiger partial charge is 0.496 e. The van der Waals surface area contributed by atoms with Gasteiger partial charge in [0.15, 0.2) is 11.3 Å². The minimum atomic E-state index is -3.81. The fourth-order valence-corrected chi connectivity index (χ4v) is 5.82. The average Bonchev–Trinajstić information content (AvgIpc) is 3.14. The van der Waals surface area contributed by atoms with Crippen molar-refractivity contribution in [3.8, 4) is 17.1 Å². The Kier molecular flexibility index (Phi) is 7.06. The van der Waals surface area contributed by atoms with Gasteiger partial charge in [-0.25, -0.2) is 17.9 Å². The van der Waals surface area contributed by atoms with Crippen LogP contribution in [0.4, 0.5) is 0 Å². The van der Waals surface area contributed by atoms with Crippen LogP contribution in [-0.4, -0.2) is 82.8 Å². The third-order valence-corrected chi connectivity index (χ3v) is 7.95. The smallest absolute Gasteiger partial charge is 0.277 e. The number of H-pyrrole nitrogens is 1. The summed E-state index contributed by atoms with van der Waals surface area (Å²) < 4.78 is 35.2. The molecule has 1 saturated heterocycles. The molecule has 188 valence electrons. The lowest BCUT2D eigenvalue weighted by atomic mass is 10.2. The van der Waals surface area contributed by atoms with Gasteiger partial charge in [0.25, 0.3) is 5.56 Å². The molecule has 3 aromatic rings. The summed E-state index contributed by atoms with van der Waals surface area (Å²) in [5, 5.41) is 4.60. The zero-order valence-corrected chi connectivity index (χ0v) is 21.2. The number of nitrogens with zero attached hydrogens (tertiary/aromatic N) is 5. The summed E-state index contributed by atoms with van der Waals surface area (Å²) in [6.45, 7) is 7.14. The molecular formula is C23H30N6O5S. The molecule has 1 N–H and O–H groups in total. The van der Waals surface area contributed by atoms with Crippen molar-refractivity contribution in [3.05, 3.63) is 40.1 Å². The van der Waals surface area contributed by atoms with Crippen LogP contribution in [0.2, 0.25) is 0 Å². The molecular weight excluding hydrogens is 472 g/mol. The van der Waals surface area contributed by atoms with Crippen LogP contribution in [0.3, 0.4) is 0 Å². The van der Waals surface area contributed by atoms with E-state index in [1.54, 1.807) is 13.0 Å². The van der Waals surface area contributed by atoms with Crippen molar-refractivity contribution in [2.75, 3.05) is 39.8 Å². The van der Waals surface area contributed by atoms with Crippen molar-refractivity contribution in [2.45, 2.75) is 38.5 Å². The van der Waals surface area contributed by atoms with E-state index in [-0.39, 0.29) is 35.2 Å². The number of carbonyl (C=O) groups excluding carboxylic acids is 1. The molecule has 4 rings (SSSR count). The maximum Gasteiger partial charge on any atom is 0.277 e. The minimum absolute atomic E-state index is 0.0507. The van der Waals surface area contributed by atoms with Gasteiger partial charge in [0.1, 0.15) is 17.4 Å². The van der Waals surface area contributed by atoms with Gasteiger partial charge in [-0.2, -0.15) is 4.31 Å². The van der Waals surface area contributed by atoms with E-state index < -0.39 is 10.0 Å². The zero-order chi connectivity index (χ0) is 25.3. The van der Waals surface area contributed by atoms with Crippen LogP contribution in [0.25, 0.3) is 16.9 Å². The topological polar surface area (TPSA) is 130 Å². The lowest BCUT2D eigenvalue weighted by molar-refractivity contribution is -0.118. The normalized spacial score (nSPS) is 15.5. The molecule has 3 heterocycles. The number of Topliss-reactive ketones (excluding diaryl/α,β-unsaturated/α-hetero) is 1. The molecule has 1 aromatic carbocycles. The number of piperazine rings is 1. The van der Waals surface area contributed by atoms with Crippen molar-refractivity contribution in [3.63, 3.8) is 0 Å². The Morgan fingerprint density at radius 3 is 2.54 bits per heavy atom. The van der Waals surface area contributed by atoms with Gasteiger partial charge in [-0.1, -0.05) is 6.92 Å². The third kappa shape index (κ3) is 4.86. The number of ketones is 1. The van der Waals surface area contributed by atoms with Crippen molar-refractivity contribution >= 4 is 21.3 Å². The molecule has 0 spiro atoms. The molecule has 0 aliphatic carbocycles. The first-order valence-corrected chi connectivity index (χ1v) is 13.0. The van der Waals surface area contributed by atoms with Gasteiger partial charge in [0, 0.05) is 32.6 Å². The van der Waals surface area contributed by atoms with E-state index >= 15 is 0 Å².